The Morgan fingerprint density at radius 1 is 1.19 bits per heavy atom. The third kappa shape index (κ3) is 4.03. The summed E-state index contributed by atoms with van der Waals surface area (Å²) in [7, 11) is 1.69. The maximum atomic E-state index is 12.1. The number of carbonyl (C=O) groups excluding carboxylic acids is 1. The average Bonchev–Trinajstić information content (AvgIpc) is 2.53. The molecule has 0 unspecified atom stereocenters. The number of hydrogen-bond acceptors (Lipinski definition) is 3. The highest BCUT2D eigenvalue weighted by Crippen LogP contribution is 2.16. The van der Waals surface area contributed by atoms with Gasteiger partial charge in [-0.3, -0.25) is 4.79 Å². The zero-order valence-electron chi connectivity index (χ0n) is 11.7. The molecule has 0 aliphatic carbocycles. The van der Waals surface area contributed by atoms with Gasteiger partial charge in [0.1, 0.15) is 10.7 Å². The Kier molecular flexibility index (Phi) is 4.90. The Hall–Kier alpha value is -2.40. The lowest BCUT2D eigenvalue weighted by atomic mass is 10.2. The summed E-state index contributed by atoms with van der Waals surface area (Å²) in [6, 6.07) is 16.4. The Morgan fingerprint density at radius 3 is 2.57 bits per heavy atom. The first-order valence-corrected chi connectivity index (χ1v) is 6.83. The van der Waals surface area contributed by atoms with Crippen LogP contribution >= 0.6 is 12.2 Å². The number of anilines is 1. The number of nitrogens with two attached hydrogens (primary N) is 1. The summed E-state index contributed by atoms with van der Waals surface area (Å²) in [6.07, 6.45) is 0. The molecule has 0 aromatic heterocycles. The van der Waals surface area contributed by atoms with Crippen LogP contribution in [-0.2, 0) is 4.79 Å². The van der Waals surface area contributed by atoms with Gasteiger partial charge in [-0.05, 0) is 24.3 Å². The van der Waals surface area contributed by atoms with Crippen LogP contribution in [0.1, 0.15) is 5.56 Å². The Morgan fingerprint density at radius 2 is 1.90 bits per heavy atom. The molecule has 0 radical (unpaired) electrons. The van der Waals surface area contributed by atoms with Gasteiger partial charge in [0.05, 0.1) is 0 Å². The van der Waals surface area contributed by atoms with Gasteiger partial charge in [0.15, 0.2) is 6.61 Å². The number of likely N-dealkylation sites (N-methyl/N-ethyl adjacent to an activating group) is 1. The molecule has 2 rings (SSSR count). The van der Waals surface area contributed by atoms with Crippen LogP contribution < -0.4 is 15.4 Å². The number of rotatable bonds is 5. The molecule has 0 aliphatic heterocycles. The molecule has 108 valence electrons. The first-order valence-electron chi connectivity index (χ1n) is 6.42. The highest BCUT2D eigenvalue weighted by molar-refractivity contribution is 7.80. The molecule has 0 heterocycles. The standard InChI is InChI=1S/C16H16N2O2S/c1-18(13-7-5-6-12(10-13)16(17)21)15(19)11-20-14-8-3-2-4-9-14/h2-10H,11H2,1H3,(H2,17,21). The third-order valence-electron chi connectivity index (χ3n) is 3.00. The van der Waals surface area contributed by atoms with E-state index >= 15 is 0 Å². The lowest BCUT2D eigenvalue weighted by Gasteiger charge is -2.18. The molecule has 5 heteroatoms. The Bertz CT molecular complexity index is 644. The molecular weight excluding hydrogens is 284 g/mol. The second-order valence-corrected chi connectivity index (χ2v) is 4.91. The molecule has 0 saturated carbocycles. The minimum atomic E-state index is -0.154. The van der Waals surface area contributed by atoms with E-state index in [-0.39, 0.29) is 12.5 Å². The molecule has 21 heavy (non-hydrogen) atoms. The maximum Gasteiger partial charge on any atom is 0.264 e. The minimum absolute atomic E-state index is 0.0299. The molecule has 2 aromatic rings. The zero-order valence-corrected chi connectivity index (χ0v) is 12.5. The van der Waals surface area contributed by atoms with E-state index in [0.29, 0.717) is 10.7 Å². The first kappa shape index (κ1) is 15.0. The normalized spacial score (nSPS) is 9.95. The predicted octanol–water partition coefficient (Wildman–Crippen LogP) is 2.36. The smallest absolute Gasteiger partial charge is 0.264 e. The fraction of sp³-hybridized carbons (Fsp3) is 0.125. The summed E-state index contributed by atoms with van der Waals surface area (Å²) >= 11 is 4.94. The molecule has 0 saturated heterocycles. The van der Waals surface area contributed by atoms with Gasteiger partial charge in [0, 0.05) is 18.3 Å². The third-order valence-corrected chi connectivity index (χ3v) is 3.23. The summed E-state index contributed by atoms with van der Waals surface area (Å²) < 4.78 is 5.45. The average molecular weight is 300 g/mol. The molecule has 0 bridgehead atoms. The van der Waals surface area contributed by atoms with E-state index in [0.717, 1.165) is 11.3 Å². The minimum Gasteiger partial charge on any atom is -0.484 e. The van der Waals surface area contributed by atoms with E-state index < -0.39 is 0 Å². The number of amides is 1. The van der Waals surface area contributed by atoms with Crippen molar-refractivity contribution in [2.75, 3.05) is 18.6 Å². The number of para-hydroxylation sites is 1. The molecule has 2 N–H and O–H groups in total. The van der Waals surface area contributed by atoms with Crippen molar-refractivity contribution in [2.45, 2.75) is 0 Å². The largest absolute Gasteiger partial charge is 0.484 e. The van der Waals surface area contributed by atoms with Crippen LogP contribution in [0.25, 0.3) is 0 Å². The van der Waals surface area contributed by atoms with Crippen molar-refractivity contribution in [1.82, 2.24) is 0 Å². The van der Waals surface area contributed by atoms with E-state index in [9.17, 15) is 4.79 Å². The predicted molar refractivity (Wildman–Crippen MR) is 87.7 cm³/mol. The highest BCUT2D eigenvalue weighted by atomic mass is 32.1. The summed E-state index contributed by atoms with van der Waals surface area (Å²) in [6.45, 7) is -0.0299. The summed E-state index contributed by atoms with van der Waals surface area (Å²) in [4.78, 5) is 14.0. The lowest BCUT2D eigenvalue weighted by molar-refractivity contribution is -0.120. The molecule has 0 fully saturated rings. The van der Waals surface area contributed by atoms with Crippen molar-refractivity contribution in [2.24, 2.45) is 5.73 Å². The number of carbonyl (C=O) groups is 1. The monoisotopic (exact) mass is 300 g/mol. The molecule has 4 nitrogen and oxygen atoms in total. The number of nitrogens with zero attached hydrogens (tertiary/aromatic N) is 1. The number of ether oxygens (including phenoxy) is 1. The van der Waals surface area contributed by atoms with Crippen LogP contribution in [0.2, 0.25) is 0 Å². The lowest BCUT2D eigenvalue weighted by Crippen LogP contribution is -2.31. The molecular formula is C16H16N2O2S. The first-order chi connectivity index (χ1) is 10.1. The topological polar surface area (TPSA) is 55.6 Å². The number of benzene rings is 2. The van der Waals surface area contributed by atoms with Crippen molar-refractivity contribution in [3.63, 3.8) is 0 Å². The van der Waals surface area contributed by atoms with Crippen LogP contribution in [0.4, 0.5) is 5.69 Å². The van der Waals surface area contributed by atoms with Crippen molar-refractivity contribution >= 4 is 28.8 Å². The van der Waals surface area contributed by atoms with E-state index in [1.54, 1.807) is 25.2 Å². The number of thiocarbonyl (C=S) groups is 1. The summed E-state index contributed by atoms with van der Waals surface area (Å²) in [5.41, 5.74) is 7.05. The molecule has 0 atom stereocenters. The number of hydrogen-bond donors (Lipinski definition) is 1. The van der Waals surface area contributed by atoms with Gasteiger partial charge in [-0.15, -0.1) is 0 Å². The van der Waals surface area contributed by atoms with E-state index in [2.05, 4.69) is 0 Å². The molecule has 0 aliphatic rings. The van der Waals surface area contributed by atoms with E-state index in [1.807, 2.05) is 36.4 Å². The summed E-state index contributed by atoms with van der Waals surface area (Å²) in [5, 5.41) is 0. The van der Waals surface area contributed by atoms with E-state index in [1.165, 1.54) is 4.90 Å². The molecule has 1 amide bonds. The van der Waals surface area contributed by atoms with Gasteiger partial charge < -0.3 is 15.4 Å². The van der Waals surface area contributed by atoms with Crippen LogP contribution in [0, 0.1) is 0 Å². The Labute approximate surface area is 129 Å². The van der Waals surface area contributed by atoms with Crippen LogP contribution in [0.15, 0.2) is 54.6 Å². The van der Waals surface area contributed by atoms with Crippen LogP contribution in [0.3, 0.4) is 0 Å². The fourth-order valence-corrected chi connectivity index (χ4v) is 1.90. The van der Waals surface area contributed by atoms with Crippen LogP contribution in [0.5, 0.6) is 5.75 Å². The Balaban J connectivity index is 2.02. The quantitative estimate of drug-likeness (QED) is 0.861. The van der Waals surface area contributed by atoms with Crippen molar-refractivity contribution in [3.8, 4) is 5.75 Å². The molecule has 0 spiro atoms. The fourth-order valence-electron chi connectivity index (χ4n) is 1.77. The van der Waals surface area contributed by atoms with E-state index in [4.69, 9.17) is 22.7 Å². The van der Waals surface area contributed by atoms with Gasteiger partial charge in [-0.25, -0.2) is 0 Å². The highest BCUT2D eigenvalue weighted by Gasteiger charge is 2.12. The van der Waals surface area contributed by atoms with Crippen molar-refractivity contribution < 1.29 is 9.53 Å². The van der Waals surface area contributed by atoms with Gasteiger partial charge in [-0.1, -0.05) is 42.5 Å². The van der Waals surface area contributed by atoms with Gasteiger partial charge in [0.2, 0.25) is 0 Å². The second-order valence-electron chi connectivity index (χ2n) is 4.47. The van der Waals surface area contributed by atoms with Crippen molar-refractivity contribution in [3.05, 3.63) is 60.2 Å². The summed E-state index contributed by atoms with van der Waals surface area (Å²) in [5.74, 6) is 0.509. The van der Waals surface area contributed by atoms with Crippen molar-refractivity contribution in [1.29, 1.82) is 0 Å². The molecule has 2 aromatic carbocycles. The SMILES string of the molecule is CN(C(=O)COc1ccccc1)c1cccc(C(N)=S)c1. The maximum absolute atomic E-state index is 12.1. The van der Waals surface area contributed by atoms with Gasteiger partial charge in [0.25, 0.3) is 5.91 Å². The van der Waals surface area contributed by atoms with Gasteiger partial charge in [-0.2, -0.15) is 0 Å². The van der Waals surface area contributed by atoms with Crippen LogP contribution in [-0.4, -0.2) is 24.6 Å². The van der Waals surface area contributed by atoms with Gasteiger partial charge >= 0.3 is 0 Å². The zero-order chi connectivity index (χ0) is 15.2. The second kappa shape index (κ2) is 6.85.